The summed E-state index contributed by atoms with van der Waals surface area (Å²) < 4.78 is 10.5. The van der Waals surface area contributed by atoms with E-state index in [0.29, 0.717) is 5.56 Å². The Morgan fingerprint density at radius 3 is 2.55 bits per heavy atom. The van der Waals surface area contributed by atoms with Crippen LogP contribution in [0.5, 0.6) is 5.75 Å². The number of ether oxygens (including phenoxy) is 2. The number of aldehydes is 1. The molecule has 1 saturated heterocycles. The zero-order valence-electron chi connectivity index (χ0n) is 12.2. The van der Waals surface area contributed by atoms with Crippen molar-refractivity contribution in [2.75, 3.05) is 58.5 Å². The number of benzene rings is 1. The van der Waals surface area contributed by atoms with Crippen LogP contribution in [0.1, 0.15) is 10.4 Å². The van der Waals surface area contributed by atoms with Crippen LogP contribution in [0.2, 0.25) is 0 Å². The van der Waals surface area contributed by atoms with E-state index in [4.69, 9.17) is 9.47 Å². The molecule has 0 amide bonds. The maximum atomic E-state index is 10.8. The second-order valence-corrected chi connectivity index (χ2v) is 4.87. The minimum absolute atomic E-state index is 0.643. The molecule has 0 bridgehead atoms. The number of piperazine rings is 1. The molecule has 20 heavy (non-hydrogen) atoms. The van der Waals surface area contributed by atoms with E-state index in [-0.39, 0.29) is 0 Å². The normalized spacial score (nSPS) is 16.2. The van der Waals surface area contributed by atoms with Gasteiger partial charge in [0.15, 0.2) is 0 Å². The third kappa shape index (κ3) is 3.49. The molecule has 2 rings (SSSR count). The number of rotatable bonds is 6. The molecule has 5 nitrogen and oxygen atoms in total. The van der Waals surface area contributed by atoms with Crippen LogP contribution in [0.4, 0.5) is 5.69 Å². The monoisotopic (exact) mass is 278 g/mol. The van der Waals surface area contributed by atoms with E-state index in [9.17, 15) is 4.79 Å². The van der Waals surface area contributed by atoms with Gasteiger partial charge in [0.05, 0.1) is 19.4 Å². The minimum Gasteiger partial charge on any atom is -0.495 e. The Kier molecular flexibility index (Phi) is 5.38. The zero-order chi connectivity index (χ0) is 14.4. The van der Waals surface area contributed by atoms with Gasteiger partial charge < -0.3 is 14.4 Å². The van der Waals surface area contributed by atoms with Crippen LogP contribution in [0.15, 0.2) is 18.2 Å². The molecule has 1 aliphatic rings. The molecule has 1 aliphatic heterocycles. The molecule has 1 aromatic rings. The molecule has 0 aliphatic carbocycles. The first-order valence-corrected chi connectivity index (χ1v) is 6.88. The summed E-state index contributed by atoms with van der Waals surface area (Å²) in [5.74, 6) is 0.764. The Labute approximate surface area is 120 Å². The molecular weight excluding hydrogens is 256 g/mol. The quantitative estimate of drug-likeness (QED) is 0.733. The lowest BCUT2D eigenvalue weighted by atomic mass is 10.1. The second kappa shape index (κ2) is 7.26. The molecule has 0 spiro atoms. The van der Waals surface area contributed by atoms with Gasteiger partial charge in [0.2, 0.25) is 0 Å². The summed E-state index contributed by atoms with van der Waals surface area (Å²) >= 11 is 0. The standard InChI is InChI=1S/C15H22N2O3/c1-19-10-9-16-5-7-17(8-6-16)14-4-3-13(12-18)11-15(14)20-2/h3-4,11-12H,5-10H2,1-2H3. The molecule has 1 fully saturated rings. The van der Waals surface area contributed by atoms with Crippen molar-refractivity contribution in [1.82, 2.24) is 4.90 Å². The first kappa shape index (κ1) is 14.8. The van der Waals surface area contributed by atoms with Crippen molar-refractivity contribution in [3.05, 3.63) is 23.8 Å². The van der Waals surface area contributed by atoms with Gasteiger partial charge >= 0.3 is 0 Å². The van der Waals surface area contributed by atoms with Crippen LogP contribution in [-0.4, -0.2) is 64.7 Å². The van der Waals surface area contributed by atoms with Gasteiger partial charge in [-0.1, -0.05) is 0 Å². The van der Waals surface area contributed by atoms with Crippen molar-refractivity contribution in [2.45, 2.75) is 0 Å². The molecule has 0 radical (unpaired) electrons. The molecule has 0 unspecified atom stereocenters. The van der Waals surface area contributed by atoms with Crippen LogP contribution in [0.3, 0.4) is 0 Å². The minimum atomic E-state index is 0.643. The fourth-order valence-corrected chi connectivity index (χ4v) is 2.46. The molecule has 0 N–H and O–H groups in total. The van der Waals surface area contributed by atoms with Crippen LogP contribution in [-0.2, 0) is 4.74 Å². The van der Waals surface area contributed by atoms with E-state index in [1.54, 1.807) is 20.3 Å². The lowest BCUT2D eigenvalue weighted by Gasteiger charge is -2.36. The predicted molar refractivity (Wildman–Crippen MR) is 78.9 cm³/mol. The van der Waals surface area contributed by atoms with Gasteiger partial charge in [-0.05, 0) is 18.2 Å². The Hall–Kier alpha value is -1.59. The smallest absolute Gasteiger partial charge is 0.150 e. The first-order valence-electron chi connectivity index (χ1n) is 6.88. The summed E-state index contributed by atoms with van der Waals surface area (Å²) in [6.07, 6.45) is 0.842. The number of carbonyl (C=O) groups is 1. The SMILES string of the molecule is COCCN1CCN(c2ccc(C=O)cc2OC)CC1. The molecule has 0 aromatic heterocycles. The molecule has 1 aromatic carbocycles. The van der Waals surface area contributed by atoms with Crippen molar-refractivity contribution in [3.63, 3.8) is 0 Å². The summed E-state index contributed by atoms with van der Waals surface area (Å²) in [6.45, 7) is 5.70. The fraction of sp³-hybridized carbons (Fsp3) is 0.533. The Morgan fingerprint density at radius 2 is 1.95 bits per heavy atom. The fourth-order valence-electron chi connectivity index (χ4n) is 2.46. The van der Waals surface area contributed by atoms with Crippen molar-refractivity contribution in [3.8, 4) is 5.75 Å². The second-order valence-electron chi connectivity index (χ2n) is 4.87. The van der Waals surface area contributed by atoms with E-state index < -0.39 is 0 Å². The summed E-state index contributed by atoms with van der Waals surface area (Å²) in [7, 11) is 3.37. The molecule has 110 valence electrons. The topological polar surface area (TPSA) is 42.0 Å². The van der Waals surface area contributed by atoms with E-state index in [2.05, 4.69) is 9.80 Å². The average Bonchev–Trinajstić information content (AvgIpc) is 2.52. The molecular formula is C15H22N2O3. The zero-order valence-corrected chi connectivity index (χ0v) is 12.2. The number of nitrogens with zero attached hydrogens (tertiary/aromatic N) is 2. The summed E-state index contributed by atoms with van der Waals surface area (Å²) in [6, 6.07) is 5.59. The maximum Gasteiger partial charge on any atom is 0.150 e. The van der Waals surface area contributed by atoms with Crippen molar-refractivity contribution in [2.24, 2.45) is 0 Å². The highest BCUT2D eigenvalue weighted by Crippen LogP contribution is 2.29. The van der Waals surface area contributed by atoms with E-state index in [1.165, 1.54) is 0 Å². The lowest BCUT2D eigenvalue weighted by molar-refractivity contribution is 0.112. The van der Waals surface area contributed by atoms with Crippen LogP contribution < -0.4 is 9.64 Å². The van der Waals surface area contributed by atoms with Gasteiger partial charge in [-0.3, -0.25) is 9.69 Å². The first-order chi connectivity index (χ1) is 9.78. The number of hydrogen-bond donors (Lipinski definition) is 0. The van der Waals surface area contributed by atoms with Crippen molar-refractivity contribution < 1.29 is 14.3 Å². The lowest BCUT2D eigenvalue weighted by Crippen LogP contribution is -2.47. The van der Waals surface area contributed by atoms with E-state index in [0.717, 1.165) is 57.1 Å². The van der Waals surface area contributed by atoms with Crippen molar-refractivity contribution >= 4 is 12.0 Å². The number of methoxy groups -OCH3 is 2. The maximum absolute atomic E-state index is 10.8. The number of carbonyl (C=O) groups excluding carboxylic acids is 1. The molecule has 0 atom stereocenters. The largest absolute Gasteiger partial charge is 0.495 e. The molecule has 0 saturated carbocycles. The Balaban J connectivity index is 2.01. The Morgan fingerprint density at radius 1 is 1.20 bits per heavy atom. The number of hydrogen-bond acceptors (Lipinski definition) is 5. The predicted octanol–water partition coefficient (Wildman–Crippen LogP) is 1.28. The van der Waals surface area contributed by atoms with Gasteiger partial charge in [0, 0.05) is 45.4 Å². The third-order valence-corrected chi connectivity index (χ3v) is 3.66. The highest BCUT2D eigenvalue weighted by molar-refractivity contribution is 5.78. The molecule has 5 heteroatoms. The van der Waals surface area contributed by atoms with Crippen LogP contribution in [0, 0.1) is 0 Å². The third-order valence-electron chi connectivity index (χ3n) is 3.66. The summed E-state index contributed by atoms with van der Waals surface area (Å²) in [5.41, 5.74) is 1.70. The number of anilines is 1. The van der Waals surface area contributed by atoms with Gasteiger partial charge in [0.25, 0.3) is 0 Å². The van der Waals surface area contributed by atoms with Gasteiger partial charge in [-0.25, -0.2) is 0 Å². The van der Waals surface area contributed by atoms with Gasteiger partial charge in [-0.2, -0.15) is 0 Å². The summed E-state index contributed by atoms with van der Waals surface area (Å²) in [5, 5.41) is 0. The van der Waals surface area contributed by atoms with Gasteiger partial charge in [0.1, 0.15) is 12.0 Å². The van der Waals surface area contributed by atoms with Gasteiger partial charge in [-0.15, -0.1) is 0 Å². The average molecular weight is 278 g/mol. The van der Waals surface area contributed by atoms with E-state index >= 15 is 0 Å². The van der Waals surface area contributed by atoms with Crippen LogP contribution >= 0.6 is 0 Å². The Bertz CT molecular complexity index is 443. The van der Waals surface area contributed by atoms with Crippen molar-refractivity contribution in [1.29, 1.82) is 0 Å². The summed E-state index contributed by atoms with van der Waals surface area (Å²) in [4.78, 5) is 15.5. The van der Waals surface area contributed by atoms with Crippen LogP contribution in [0.25, 0.3) is 0 Å². The highest BCUT2D eigenvalue weighted by atomic mass is 16.5. The van der Waals surface area contributed by atoms with E-state index in [1.807, 2.05) is 12.1 Å². The highest BCUT2D eigenvalue weighted by Gasteiger charge is 2.19. The molecule has 1 heterocycles.